The maximum Gasteiger partial charge on any atom is 0.238 e. The van der Waals surface area contributed by atoms with E-state index in [-0.39, 0.29) is 18.5 Å². The van der Waals surface area contributed by atoms with Gasteiger partial charge in [0.15, 0.2) is 0 Å². The first kappa shape index (κ1) is 16.7. The minimum atomic E-state index is -3.37. The van der Waals surface area contributed by atoms with Crippen LogP contribution < -0.4 is 15.4 Å². The van der Waals surface area contributed by atoms with Crippen molar-refractivity contribution in [1.82, 2.24) is 5.32 Å². The normalized spacial score (nSPS) is 11.4. The molecule has 0 aromatic heterocycles. The van der Waals surface area contributed by atoms with Crippen LogP contribution in [0.2, 0.25) is 5.02 Å². The van der Waals surface area contributed by atoms with Gasteiger partial charge in [-0.05, 0) is 18.2 Å². The van der Waals surface area contributed by atoms with Gasteiger partial charge in [-0.15, -0.1) is 0 Å². The number of hydrogen-bond acceptors (Lipinski definition) is 4. The standard InChI is InChI=1S/C12H18ClN3O3S/c1-8(2)14-7-12(17)15-11-6-9(4-5-10(11)13)16-20(3,18)19/h4-6,8,14,16H,7H2,1-3H3,(H,15,17). The molecule has 8 heteroatoms. The van der Waals surface area contributed by atoms with Crippen LogP contribution in [0, 0.1) is 0 Å². The topological polar surface area (TPSA) is 87.3 Å². The summed E-state index contributed by atoms with van der Waals surface area (Å²) >= 11 is 5.96. The van der Waals surface area contributed by atoms with Crippen molar-refractivity contribution in [1.29, 1.82) is 0 Å². The second kappa shape index (κ2) is 6.92. The SMILES string of the molecule is CC(C)NCC(=O)Nc1cc(NS(C)(=O)=O)ccc1Cl. The van der Waals surface area contributed by atoms with E-state index in [1.165, 1.54) is 18.2 Å². The molecule has 0 saturated carbocycles. The third-order valence-electron chi connectivity index (χ3n) is 2.21. The molecular formula is C12H18ClN3O3S. The summed E-state index contributed by atoms with van der Waals surface area (Å²) in [6.45, 7) is 4.01. The highest BCUT2D eigenvalue weighted by Crippen LogP contribution is 2.25. The predicted molar refractivity (Wildman–Crippen MR) is 81.7 cm³/mol. The van der Waals surface area contributed by atoms with E-state index >= 15 is 0 Å². The molecule has 0 aliphatic heterocycles. The fraction of sp³-hybridized carbons (Fsp3) is 0.417. The Morgan fingerprint density at radius 3 is 2.55 bits per heavy atom. The van der Waals surface area contributed by atoms with Gasteiger partial charge in [0.05, 0.1) is 29.2 Å². The van der Waals surface area contributed by atoms with E-state index in [1.807, 2.05) is 13.8 Å². The Bertz CT molecular complexity index is 588. The Labute approximate surface area is 123 Å². The highest BCUT2D eigenvalue weighted by atomic mass is 35.5. The highest BCUT2D eigenvalue weighted by Gasteiger charge is 2.09. The van der Waals surface area contributed by atoms with E-state index in [9.17, 15) is 13.2 Å². The number of nitrogens with one attached hydrogen (secondary N) is 3. The lowest BCUT2D eigenvalue weighted by molar-refractivity contribution is -0.115. The van der Waals surface area contributed by atoms with Crippen LogP contribution in [0.1, 0.15) is 13.8 Å². The molecule has 6 nitrogen and oxygen atoms in total. The summed E-state index contributed by atoms with van der Waals surface area (Å²) in [5.41, 5.74) is 0.694. The minimum absolute atomic E-state index is 0.151. The number of rotatable bonds is 6. The van der Waals surface area contributed by atoms with Crippen LogP contribution >= 0.6 is 11.6 Å². The maximum atomic E-state index is 11.7. The van der Waals surface area contributed by atoms with E-state index in [2.05, 4.69) is 15.4 Å². The van der Waals surface area contributed by atoms with Gasteiger partial charge in [0, 0.05) is 6.04 Å². The van der Waals surface area contributed by atoms with Crippen LogP contribution in [0.25, 0.3) is 0 Å². The first-order valence-electron chi connectivity index (χ1n) is 5.98. The van der Waals surface area contributed by atoms with Gasteiger partial charge >= 0.3 is 0 Å². The predicted octanol–water partition coefficient (Wildman–Crippen LogP) is 1.65. The molecule has 0 spiro atoms. The fourth-order valence-electron chi connectivity index (χ4n) is 1.39. The van der Waals surface area contributed by atoms with Gasteiger partial charge in [-0.3, -0.25) is 9.52 Å². The second-order valence-electron chi connectivity index (χ2n) is 4.65. The summed E-state index contributed by atoms with van der Waals surface area (Å²) in [6.07, 6.45) is 1.05. The molecule has 0 saturated heterocycles. The van der Waals surface area contributed by atoms with E-state index in [0.717, 1.165) is 6.26 Å². The van der Waals surface area contributed by atoms with Gasteiger partial charge in [-0.1, -0.05) is 25.4 Å². The molecule has 0 atom stereocenters. The van der Waals surface area contributed by atoms with E-state index in [0.29, 0.717) is 16.4 Å². The molecule has 0 unspecified atom stereocenters. The van der Waals surface area contributed by atoms with E-state index in [1.54, 1.807) is 0 Å². The van der Waals surface area contributed by atoms with Crippen molar-refractivity contribution in [3.8, 4) is 0 Å². The zero-order valence-electron chi connectivity index (χ0n) is 11.5. The second-order valence-corrected chi connectivity index (χ2v) is 6.81. The Morgan fingerprint density at radius 2 is 2.00 bits per heavy atom. The summed E-state index contributed by atoms with van der Waals surface area (Å²) < 4.78 is 24.6. The molecule has 1 aromatic rings. The Kier molecular flexibility index (Phi) is 5.79. The molecule has 0 bridgehead atoms. The van der Waals surface area contributed by atoms with Crippen molar-refractivity contribution in [2.45, 2.75) is 19.9 Å². The minimum Gasteiger partial charge on any atom is -0.324 e. The zero-order chi connectivity index (χ0) is 15.3. The largest absolute Gasteiger partial charge is 0.324 e. The van der Waals surface area contributed by atoms with Crippen LogP contribution in [0.15, 0.2) is 18.2 Å². The van der Waals surface area contributed by atoms with Crippen molar-refractivity contribution in [2.24, 2.45) is 0 Å². The van der Waals surface area contributed by atoms with Crippen LogP contribution in [0.3, 0.4) is 0 Å². The lowest BCUT2D eigenvalue weighted by Gasteiger charge is -2.12. The quantitative estimate of drug-likeness (QED) is 0.744. The summed E-state index contributed by atoms with van der Waals surface area (Å²) in [5.74, 6) is -0.253. The number of halogens is 1. The van der Waals surface area contributed by atoms with E-state index < -0.39 is 10.0 Å². The lowest BCUT2D eigenvalue weighted by atomic mass is 10.3. The van der Waals surface area contributed by atoms with Crippen molar-refractivity contribution in [3.63, 3.8) is 0 Å². The molecule has 20 heavy (non-hydrogen) atoms. The van der Waals surface area contributed by atoms with Gasteiger partial charge in [-0.2, -0.15) is 0 Å². The summed E-state index contributed by atoms with van der Waals surface area (Å²) in [4.78, 5) is 11.7. The average Bonchev–Trinajstić information content (AvgIpc) is 2.29. The van der Waals surface area contributed by atoms with Crippen molar-refractivity contribution >= 4 is 38.9 Å². The number of amides is 1. The number of carbonyl (C=O) groups is 1. The first-order valence-corrected chi connectivity index (χ1v) is 8.25. The van der Waals surface area contributed by atoms with Crippen LogP contribution in [-0.2, 0) is 14.8 Å². The van der Waals surface area contributed by atoms with Crippen molar-refractivity contribution < 1.29 is 13.2 Å². The van der Waals surface area contributed by atoms with Crippen LogP contribution in [-0.4, -0.2) is 33.2 Å². The molecule has 0 aliphatic carbocycles. The molecule has 1 rings (SSSR count). The summed E-state index contributed by atoms with van der Waals surface area (Å²) in [5, 5.41) is 5.93. The zero-order valence-corrected chi connectivity index (χ0v) is 13.1. The third kappa shape index (κ3) is 6.23. The van der Waals surface area contributed by atoms with Crippen LogP contribution in [0.5, 0.6) is 0 Å². The average molecular weight is 320 g/mol. The Morgan fingerprint density at radius 1 is 1.35 bits per heavy atom. The number of benzene rings is 1. The molecule has 112 valence electrons. The molecule has 1 aromatic carbocycles. The number of sulfonamides is 1. The van der Waals surface area contributed by atoms with Gasteiger partial charge in [0.1, 0.15) is 0 Å². The van der Waals surface area contributed by atoms with Gasteiger partial charge in [0.25, 0.3) is 0 Å². The van der Waals surface area contributed by atoms with Gasteiger partial charge in [0.2, 0.25) is 15.9 Å². The first-order chi connectivity index (χ1) is 9.17. The number of anilines is 2. The summed E-state index contributed by atoms with van der Waals surface area (Å²) in [6, 6.07) is 4.69. The van der Waals surface area contributed by atoms with Crippen LogP contribution in [0.4, 0.5) is 11.4 Å². The Balaban J connectivity index is 2.79. The van der Waals surface area contributed by atoms with Gasteiger partial charge in [-0.25, -0.2) is 8.42 Å². The lowest BCUT2D eigenvalue weighted by Crippen LogP contribution is -2.32. The molecule has 3 N–H and O–H groups in total. The highest BCUT2D eigenvalue weighted by molar-refractivity contribution is 7.92. The smallest absolute Gasteiger partial charge is 0.238 e. The summed E-state index contributed by atoms with van der Waals surface area (Å²) in [7, 11) is -3.37. The number of hydrogen-bond donors (Lipinski definition) is 3. The fourth-order valence-corrected chi connectivity index (χ4v) is 2.11. The molecule has 0 radical (unpaired) electrons. The molecular weight excluding hydrogens is 302 g/mol. The van der Waals surface area contributed by atoms with E-state index in [4.69, 9.17) is 11.6 Å². The number of carbonyl (C=O) groups excluding carboxylic acids is 1. The monoisotopic (exact) mass is 319 g/mol. The maximum absolute atomic E-state index is 11.7. The molecule has 0 fully saturated rings. The van der Waals surface area contributed by atoms with Crippen molar-refractivity contribution in [2.75, 3.05) is 22.8 Å². The molecule has 0 aliphatic rings. The molecule has 1 amide bonds. The molecule has 0 heterocycles. The Hall–Kier alpha value is -1.31. The third-order valence-corrected chi connectivity index (χ3v) is 3.15. The van der Waals surface area contributed by atoms with Gasteiger partial charge < -0.3 is 10.6 Å². The van der Waals surface area contributed by atoms with Crippen molar-refractivity contribution in [3.05, 3.63) is 23.2 Å².